The first kappa shape index (κ1) is 13.4. The van der Waals surface area contributed by atoms with Crippen LogP contribution < -0.4 is 11.1 Å². The zero-order chi connectivity index (χ0) is 13.7. The second-order valence-electron chi connectivity index (χ2n) is 3.94. The third-order valence-corrected chi connectivity index (χ3v) is 3.16. The van der Waals surface area contributed by atoms with Gasteiger partial charge in [-0.2, -0.15) is 0 Å². The molecule has 5 nitrogen and oxygen atoms in total. The molecule has 0 spiro atoms. The number of nitrogens with one attached hydrogen (secondary N) is 1. The van der Waals surface area contributed by atoms with Crippen LogP contribution in [0.1, 0.15) is 5.69 Å². The fourth-order valence-corrected chi connectivity index (χ4v) is 2.07. The van der Waals surface area contributed by atoms with Crippen molar-refractivity contribution in [2.45, 2.75) is 12.1 Å². The molecular weight excluding hydrogens is 260 g/mol. The summed E-state index contributed by atoms with van der Waals surface area (Å²) in [6.45, 7) is 1.89. The van der Waals surface area contributed by atoms with Crippen molar-refractivity contribution >= 4 is 29.0 Å². The highest BCUT2D eigenvalue weighted by molar-refractivity contribution is 7.99. The molecule has 0 aliphatic carbocycles. The first-order valence-corrected chi connectivity index (χ1v) is 6.70. The van der Waals surface area contributed by atoms with Crippen LogP contribution in [0.5, 0.6) is 0 Å². The van der Waals surface area contributed by atoms with Gasteiger partial charge in [0.25, 0.3) is 0 Å². The lowest BCUT2D eigenvalue weighted by Gasteiger charge is -2.05. The van der Waals surface area contributed by atoms with Gasteiger partial charge in [-0.15, -0.1) is 0 Å². The standard InChI is InChI=1S/C13H14N4OS/c1-9-6-7-15-13(16-9)19-8-12(18)17-11-4-2-10(14)3-5-11/h2-7H,8,14H2,1H3,(H,17,18). The monoisotopic (exact) mass is 274 g/mol. The maximum absolute atomic E-state index is 11.7. The van der Waals surface area contributed by atoms with E-state index in [2.05, 4.69) is 15.3 Å². The van der Waals surface area contributed by atoms with Crippen LogP contribution in [-0.4, -0.2) is 21.6 Å². The Morgan fingerprint density at radius 2 is 2.05 bits per heavy atom. The largest absolute Gasteiger partial charge is 0.399 e. The van der Waals surface area contributed by atoms with E-state index >= 15 is 0 Å². The van der Waals surface area contributed by atoms with Crippen molar-refractivity contribution in [3.63, 3.8) is 0 Å². The number of aryl methyl sites for hydroxylation is 1. The first-order chi connectivity index (χ1) is 9.13. The molecule has 2 rings (SSSR count). The van der Waals surface area contributed by atoms with Gasteiger partial charge >= 0.3 is 0 Å². The first-order valence-electron chi connectivity index (χ1n) is 5.71. The highest BCUT2D eigenvalue weighted by Gasteiger charge is 2.05. The molecule has 0 bridgehead atoms. The van der Waals surface area contributed by atoms with E-state index in [1.165, 1.54) is 11.8 Å². The van der Waals surface area contributed by atoms with Gasteiger partial charge in [0.05, 0.1) is 5.75 Å². The second kappa shape index (κ2) is 6.19. The number of rotatable bonds is 4. The molecule has 2 aromatic rings. The van der Waals surface area contributed by atoms with Crippen LogP contribution >= 0.6 is 11.8 Å². The predicted octanol–water partition coefficient (Wildman–Crippen LogP) is 2.10. The van der Waals surface area contributed by atoms with Crippen molar-refractivity contribution in [3.8, 4) is 0 Å². The fourth-order valence-electron chi connectivity index (χ4n) is 1.39. The molecule has 0 radical (unpaired) electrons. The number of hydrogen-bond donors (Lipinski definition) is 2. The minimum atomic E-state index is -0.0973. The minimum absolute atomic E-state index is 0.0973. The van der Waals surface area contributed by atoms with Gasteiger partial charge in [-0.25, -0.2) is 9.97 Å². The van der Waals surface area contributed by atoms with Gasteiger partial charge in [-0.1, -0.05) is 11.8 Å². The number of hydrogen-bond acceptors (Lipinski definition) is 5. The molecule has 0 saturated carbocycles. The van der Waals surface area contributed by atoms with Gasteiger partial charge in [0.2, 0.25) is 5.91 Å². The van der Waals surface area contributed by atoms with Crippen LogP contribution in [0.15, 0.2) is 41.7 Å². The Bertz CT molecular complexity index is 571. The summed E-state index contributed by atoms with van der Waals surface area (Å²) in [5.74, 6) is 0.174. The van der Waals surface area contributed by atoms with Crippen LogP contribution in [-0.2, 0) is 4.79 Å². The normalized spacial score (nSPS) is 10.2. The van der Waals surface area contributed by atoms with Crippen molar-refractivity contribution in [2.75, 3.05) is 16.8 Å². The summed E-state index contributed by atoms with van der Waals surface area (Å²) >= 11 is 1.31. The Balaban J connectivity index is 1.86. The van der Waals surface area contributed by atoms with Crippen molar-refractivity contribution in [3.05, 3.63) is 42.2 Å². The van der Waals surface area contributed by atoms with E-state index in [-0.39, 0.29) is 11.7 Å². The summed E-state index contributed by atoms with van der Waals surface area (Å²) in [5, 5.41) is 3.39. The zero-order valence-electron chi connectivity index (χ0n) is 10.5. The van der Waals surface area contributed by atoms with Crippen LogP contribution in [0.4, 0.5) is 11.4 Å². The summed E-state index contributed by atoms with van der Waals surface area (Å²) in [7, 11) is 0. The molecule has 1 amide bonds. The molecule has 0 atom stereocenters. The van der Waals surface area contributed by atoms with E-state index in [1.807, 2.05) is 13.0 Å². The number of carbonyl (C=O) groups excluding carboxylic acids is 1. The van der Waals surface area contributed by atoms with E-state index in [0.717, 1.165) is 11.4 Å². The number of thioether (sulfide) groups is 1. The van der Waals surface area contributed by atoms with Crippen molar-refractivity contribution in [1.29, 1.82) is 0 Å². The van der Waals surface area contributed by atoms with E-state index < -0.39 is 0 Å². The number of benzene rings is 1. The lowest BCUT2D eigenvalue weighted by atomic mass is 10.3. The summed E-state index contributed by atoms with van der Waals surface area (Å²) in [6.07, 6.45) is 1.68. The Hall–Kier alpha value is -2.08. The van der Waals surface area contributed by atoms with Crippen LogP contribution in [0.3, 0.4) is 0 Å². The average molecular weight is 274 g/mol. The van der Waals surface area contributed by atoms with Gasteiger partial charge in [0.15, 0.2) is 5.16 Å². The molecule has 1 aromatic heterocycles. The van der Waals surface area contributed by atoms with Crippen molar-refractivity contribution < 1.29 is 4.79 Å². The fraction of sp³-hybridized carbons (Fsp3) is 0.154. The van der Waals surface area contributed by atoms with Gasteiger partial charge < -0.3 is 11.1 Å². The second-order valence-corrected chi connectivity index (χ2v) is 4.88. The molecule has 0 saturated heterocycles. The van der Waals surface area contributed by atoms with Gasteiger partial charge in [0, 0.05) is 23.3 Å². The Morgan fingerprint density at radius 3 is 2.74 bits per heavy atom. The Morgan fingerprint density at radius 1 is 1.32 bits per heavy atom. The number of aromatic nitrogens is 2. The highest BCUT2D eigenvalue weighted by atomic mass is 32.2. The molecule has 0 aliphatic heterocycles. The van der Waals surface area contributed by atoms with E-state index in [0.29, 0.717) is 10.8 Å². The molecule has 0 fully saturated rings. The quantitative estimate of drug-likeness (QED) is 0.507. The SMILES string of the molecule is Cc1ccnc(SCC(=O)Nc2ccc(N)cc2)n1. The molecule has 98 valence electrons. The maximum Gasteiger partial charge on any atom is 0.234 e. The van der Waals surface area contributed by atoms with Gasteiger partial charge in [0.1, 0.15) is 0 Å². The number of nitrogens with two attached hydrogens (primary N) is 1. The Labute approximate surface area is 115 Å². The topological polar surface area (TPSA) is 80.9 Å². The number of amides is 1. The Kier molecular flexibility index (Phi) is 4.35. The smallest absolute Gasteiger partial charge is 0.234 e. The van der Waals surface area contributed by atoms with Crippen molar-refractivity contribution in [1.82, 2.24) is 9.97 Å². The number of nitrogen functional groups attached to an aromatic ring is 1. The molecule has 1 aromatic carbocycles. The zero-order valence-corrected chi connectivity index (χ0v) is 11.3. The lowest BCUT2D eigenvalue weighted by Crippen LogP contribution is -2.14. The van der Waals surface area contributed by atoms with Crippen LogP contribution in [0.2, 0.25) is 0 Å². The third-order valence-electron chi connectivity index (χ3n) is 2.30. The number of anilines is 2. The predicted molar refractivity (Wildman–Crippen MR) is 77.0 cm³/mol. The molecule has 19 heavy (non-hydrogen) atoms. The summed E-state index contributed by atoms with van der Waals surface area (Å²) in [6, 6.07) is 8.83. The maximum atomic E-state index is 11.7. The van der Waals surface area contributed by atoms with E-state index in [1.54, 1.807) is 30.5 Å². The molecule has 0 aliphatic rings. The number of nitrogens with zero attached hydrogens (tertiary/aromatic N) is 2. The van der Waals surface area contributed by atoms with Crippen LogP contribution in [0.25, 0.3) is 0 Å². The molecular formula is C13H14N4OS. The lowest BCUT2D eigenvalue weighted by molar-refractivity contribution is -0.113. The molecule has 3 N–H and O–H groups in total. The van der Waals surface area contributed by atoms with Crippen molar-refractivity contribution in [2.24, 2.45) is 0 Å². The molecule has 6 heteroatoms. The third kappa shape index (κ3) is 4.26. The van der Waals surface area contributed by atoms with E-state index in [9.17, 15) is 4.79 Å². The minimum Gasteiger partial charge on any atom is -0.399 e. The molecule has 1 heterocycles. The highest BCUT2D eigenvalue weighted by Crippen LogP contribution is 2.14. The van der Waals surface area contributed by atoms with Gasteiger partial charge in [-0.3, -0.25) is 4.79 Å². The summed E-state index contributed by atoms with van der Waals surface area (Å²) < 4.78 is 0. The molecule has 0 unspecified atom stereocenters. The average Bonchev–Trinajstić information content (AvgIpc) is 2.39. The summed E-state index contributed by atoms with van der Waals surface area (Å²) in [4.78, 5) is 20.0. The number of carbonyl (C=O) groups is 1. The van der Waals surface area contributed by atoms with Gasteiger partial charge in [-0.05, 0) is 37.3 Å². The van der Waals surface area contributed by atoms with Crippen LogP contribution in [0, 0.1) is 6.92 Å². The van der Waals surface area contributed by atoms with E-state index in [4.69, 9.17) is 5.73 Å². The summed E-state index contributed by atoms with van der Waals surface area (Å²) in [5.41, 5.74) is 7.85.